The van der Waals surface area contributed by atoms with Crippen molar-refractivity contribution in [2.24, 2.45) is 4.99 Å². The Hall–Kier alpha value is -2.21. The molecule has 1 aliphatic rings. The number of nitriles is 1. The van der Waals surface area contributed by atoms with Crippen LogP contribution < -0.4 is 15.5 Å². The van der Waals surface area contributed by atoms with Crippen LogP contribution in [-0.4, -0.2) is 32.1 Å². The number of piperidine rings is 1. The second kappa shape index (κ2) is 10.4. The molecule has 0 spiro atoms. The van der Waals surface area contributed by atoms with Crippen molar-refractivity contribution in [2.75, 3.05) is 25.0 Å². The molecule has 0 radical (unpaired) electrons. The van der Waals surface area contributed by atoms with Crippen molar-refractivity contribution in [3.8, 4) is 6.07 Å². The van der Waals surface area contributed by atoms with E-state index in [2.05, 4.69) is 32.7 Å². The summed E-state index contributed by atoms with van der Waals surface area (Å²) in [6, 6.07) is 12.4. The zero-order chi connectivity index (χ0) is 19.2. The smallest absolute Gasteiger partial charge is 0.191 e. The molecule has 2 heterocycles. The number of nitrogens with zero attached hydrogens (tertiary/aromatic N) is 3. The largest absolute Gasteiger partial charge is 0.466 e. The van der Waals surface area contributed by atoms with Crippen molar-refractivity contribution in [3.63, 3.8) is 0 Å². The summed E-state index contributed by atoms with van der Waals surface area (Å²) in [5.74, 6) is 2.65. The number of benzene rings is 1. The van der Waals surface area contributed by atoms with Crippen LogP contribution >= 0.6 is 24.0 Å². The van der Waals surface area contributed by atoms with Gasteiger partial charge in [0.1, 0.15) is 17.6 Å². The number of hydrogen-bond acceptors (Lipinski definition) is 4. The van der Waals surface area contributed by atoms with Gasteiger partial charge in [0, 0.05) is 38.3 Å². The normalized spacial score (nSPS) is 16.9. The van der Waals surface area contributed by atoms with Gasteiger partial charge in [-0.3, -0.25) is 4.99 Å². The number of guanidine groups is 1. The number of aryl methyl sites for hydroxylation is 2. The third-order valence-corrected chi connectivity index (χ3v) is 4.94. The fourth-order valence-corrected chi connectivity index (χ4v) is 3.58. The predicted octanol–water partition coefficient (Wildman–Crippen LogP) is 3.72. The van der Waals surface area contributed by atoms with Gasteiger partial charge in [-0.25, -0.2) is 0 Å². The summed E-state index contributed by atoms with van der Waals surface area (Å²) in [6.45, 7) is 6.43. The zero-order valence-electron chi connectivity index (χ0n) is 16.7. The molecule has 0 bridgehead atoms. The molecule has 1 aromatic carbocycles. The second-order valence-corrected chi connectivity index (χ2v) is 6.92. The zero-order valence-corrected chi connectivity index (χ0v) is 19.0. The van der Waals surface area contributed by atoms with E-state index in [4.69, 9.17) is 4.42 Å². The number of aliphatic imine (C=N–C) groups is 1. The fourth-order valence-electron chi connectivity index (χ4n) is 3.58. The lowest BCUT2D eigenvalue weighted by Crippen LogP contribution is -2.51. The average molecular weight is 493 g/mol. The maximum Gasteiger partial charge on any atom is 0.191 e. The molecule has 150 valence electrons. The molecule has 1 aromatic heterocycles. The molecule has 2 aromatic rings. The molecule has 0 saturated carbocycles. The Bertz CT molecular complexity index is 855. The summed E-state index contributed by atoms with van der Waals surface area (Å²) >= 11 is 0. The molecule has 1 atom stereocenters. The van der Waals surface area contributed by atoms with Crippen LogP contribution in [0.5, 0.6) is 0 Å². The van der Waals surface area contributed by atoms with Gasteiger partial charge in [0.05, 0.1) is 11.3 Å². The van der Waals surface area contributed by atoms with Crippen molar-refractivity contribution >= 4 is 35.6 Å². The van der Waals surface area contributed by atoms with Crippen LogP contribution in [0.1, 0.15) is 35.5 Å². The molecule has 0 aliphatic carbocycles. The van der Waals surface area contributed by atoms with Crippen LogP contribution in [-0.2, 0) is 6.54 Å². The van der Waals surface area contributed by atoms with Crippen LogP contribution in [0.4, 0.5) is 5.69 Å². The minimum Gasteiger partial charge on any atom is -0.466 e. The number of rotatable bonds is 4. The quantitative estimate of drug-likeness (QED) is 0.386. The summed E-state index contributed by atoms with van der Waals surface area (Å²) in [7, 11) is 1.79. The van der Waals surface area contributed by atoms with E-state index >= 15 is 0 Å². The average Bonchev–Trinajstić information content (AvgIpc) is 3.02. The van der Waals surface area contributed by atoms with Crippen LogP contribution in [0, 0.1) is 25.2 Å². The summed E-state index contributed by atoms with van der Waals surface area (Å²) in [5, 5.41) is 16.3. The van der Waals surface area contributed by atoms with Crippen LogP contribution in [0.25, 0.3) is 0 Å². The monoisotopic (exact) mass is 493 g/mol. The van der Waals surface area contributed by atoms with Gasteiger partial charge in [0.25, 0.3) is 0 Å². The Kier molecular flexibility index (Phi) is 8.18. The summed E-state index contributed by atoms with van der Waals surface area (Å²) in [4.78, 5) is 6.65. The minimum atomic E-state index is 0. The molecule has 6 nitrogen and oxygen atoms in total. The van der Waals surface area contributed by atoms with E-state index < -0.39 is 0 Å². The number of furan rings is 1. The van der Waals surface area contributed by atoms with Gasteiger partial charge in [0.15, 0.2) is 5.96 Å². The Morgan fingerprint density at radius 3 is 2.82 bits per heavy atom. The molecule has 28 heavy (non-hydrogen) atoms. The summed E-state index contributed by atoms with van der Waals surface area (Å²) in [5.41, 5.74) is 2.88. The van der Waals surface area contributed by atoms with Crippen molar-refractivity contribution in [1.29, 1.82) is 5.26 Å². The van der Waals surface area contributed by atoms with Crippen LogP contribution in [0.2, 0.25) is 0 Å². The predicted molar refractivity (Wildman–Crippen MR) is 123 cm³/mol. The van der Waals surface area contributed by atoms with E-state index in [1.54, 1.807) is 7.05 Å². The first kappa shape index (κ1) is 22.1. The van der Waals surface area contributed by atoms with Gasteiger partial charge < -0.3 is 20.0 Å². The Morgan fingerprint density at radius 2 is 2.14 bits per heavy atom. The van der Waals surface area contributed by atoms with E-state index in [0.717, 1.165) is 60.2 Å². The van der Waals surface area contributed by atoms with Crippen molar-refractivity contribution in [1.82, 2.24) is 10.6 Å². The van der Waals surface area contributed by atoms with E-state index in [1.165, 1.54) is 0 Å². The van der Waals surface area contributed by atoms with Crippen molar-refractivity contribution < 1.29 is 4.42 Å². The molecule has 1 unspecified atom stereocenters. The number of anilines is 1. The summed E-state index contributed by atoms with van der Waals surface area (Å²) in [6.07, 6.45) is 2.16. The highest BCUT2D eigenvalue weighted by molar-refractivity contribution is 14.0. The number of para-hydroxylation sites is 1. The molecular weight excluding hydrogens is 465 g/mol. The molecule has 1 saturated heterocycles. The van der Waals surface area contributed by atoms with E-state index in [9.17, 15) is 5.26 Å². The van der Waals surface area contributed by atoms with Crippen LogP contribution in [0.3, 0.4) is 0 Å². The highest BCUT2D eigenvalue weighted by atomic mass is 127. The highest BCUT2D eigenvalue weighted by Crippen LogP contribution is 2.23. The third kappa shape index (κ3) is 5.41. The van der Waals surface area contributed by atoms with Gasteiger partial charge in [-0.15, -0.1) is 24.0 Å². The lowest BCUT2D eigenvalue weighted by atomic mass is 10.0. The summed E-state index contributed by atoms with van der Waals surface area (Å²) < 4.78 is 5.58. The molecule has 1 fully saturated rings. The minimum absolute atomic E-state index is 0. The third-order valence-electron chi connectivity index (χ3n) is 4.94. The lowest BCUT2D eigenvalue weighted by Gasteiger charge is -2.35. The maximum absolute atomic E-state index is 9.37. The highest BCUT2D eigenvalue weighted by Gasteiger charge is 2.22. The van der Waals surface area contributed by atoms with Crippen LogP contribution in [0.15, 0.2) is 39.7 Å². The van der Waals surface area contributed by atoms with Gasteiger partial charge >= 0.3 is 0 Å². The molecule has 0 amide bonds. The van der Waals surface area contributed by atoms with E-state index in [-0.39, 0.29) is 30.0 Å². The lowest BCUT2D eigenvalue weighted by molar-refractivity contribution is 0.467. The van der Waals surface area contributed by atoms with Gasteiger partial charge in [-0.2, -0.15) is 5.26 Å². The number of halogens is 1. The molecule has 3 rings (SSSR count). The molecule has 1 aliphatic heterocycles. The van der Waals surface area contributed by atoms with Gasteiger partial charge in [0.2, 0.25) is 0 Å². The fraction of sp³-hybridized carbons (Fsp3) is 0.429. The Labute approximate surface area is 184 Å². The van der Waals surface area contributed by atoms with Gasteiger partial charge in [-0.1, -0.05) is 12.1 Å². The maximum atomic E-state index is 9.37. The number of nitrogens with one attached hydrogen (secondary N) is 2. The molecule has 7 heteroatoms. The van der Waals surface area contributed by atoms with Crippen molar-refractivity contribution in [3.05, 3.63) is 53.0 Å². The molecular formula is C21H28IN5O. The first-order valence-electron chi connectivity index (χ1n) is 9.38. The first-order chi connectivity index (χ1) is 13.1. The Balaban J connectivity index is 0.00000280. The van der Waals surface area contributed by atoms with Crippen molar-refractivity contribution in [2.45, 2.75) is 39.3 Å². The standard InChI is InChI=1S/C21H27N5O.HI/c1-15-11-18(16(2)27-15)13-24-21(23-3)25-19-8-6-10-26(14-19)20-9-5-4-7-17(20)12-22;/h4-5,7,9,11,19H,6,8,10,13-14H2,1-3H3,(H2,23,24,25);1H. The van der Waals surface area contributed by atoms with Gasteiger partial charge in [-0.05, 0) is 44.9 Å². The van der Waals surface area contributed by atoms with E-state index in [1.807, 2.05) is 38.1 Å². The Morgan fingerprint density at radius 1 is 1.36 bits per heavy atom. The molecule has 2 N–H and O–H groups in total. The SMILES string of the molecule is CN=C(NCc1cc(C)oc1C)NC1CCCN(c2ccccc2C#N)C1.I. The van der Waals surface area contributed by atoms with E-state index in [0.29, 0.717) is 6.54 Å². The number of hydrogen-bond donors (Lipinski definition) is 2. The topological polar surface area (TPSA) is 76.6 Å². The first-order valence-corrected chi connectivity index (χ1v) is 9.38. The second-order valence-electron chi connectivity index (χ2n) is 6.92.